The molecule has 124 valence electrons. The monoisotopic (exact) mass is 417 g/mol. The number of nitrogens with one attached hydrogen (secondary N) is 1. The molecule has 0 aliphatic heterocycles. The summed E-state index contributed by atoms with van der Waals surface area (Å²) in [7, 11) is 0. The topological polar surface area (TPSA) is 59.6 Å². The van der Waals surface area contributed by atoms with Gasteiger partial charge in [0, 0.05) is 18.8 Å². The lowest BCUT2D eigenvalue weighted by Gasteiger charge is -2.10. The molecule has 1 aliphatic carbocycles. The molecule has 1 aromatic rings. The van der Waals surface area contributed by atoms with Gasteiger partial charge in [-0.25, -0.2) is 0 Å². The first-order chi connectivity index (χ1) is 10.3. The van der Waals surface area contributed by atoms with Crippen LogP contribution in [-0.4, -0.2) is 25.2 Å². The first-order valence-corrected chi connectivity index (χ1v) is 8.05. The second-order valence-corrected chi connectivity index (χ2v) is 5.57. The highest BCUT2D eigenvalue weighted by molar-refractivity contribution is 14.0. The van der Waals surface area contributed by atoms with E-state index in [-0.39, 0.29) is 24.0 Å². The number of nitrogens with zero attached hydrogens (tertiary/aromatic N) is 1. The van der Waals surface area contributed by atoms with Crippen molar-refractivity contribution in [3.05, 3.63) is 29.8 Å². The zero-order valence-corrected chi connectivity index (χ0v) is 15.7. The van der Waals surface area contributed by atoms with Crippen molar-refractivity contribution in [2.45, 2.75) is 51.6 Å². The lowest BCUT2D eigenvalue weighted by atomic mass is 10.1. The summed E-state index contributed by atoms with van der Waals surface area (Å²) in [4.78, 5) is 4.33. The van der Waals surface area contributed by atoms with Crippen molar-refractivity contribution in [3.8, 4) is 0 Å². The van der Waals surface area contributed by atoms with Crippen LogP contribution < -0.4 is 11.1 Å². The van der Waals surface area contributed by atoms with E-state index in [2.05, 4.69) is 29.4 Å². The van der Waals surface area contributed by atoms with Gasteiger partial charge in [0.15, 0.2) is 5.96 Å². The Morgan fingerprint density at radius 3 is 2.59 bits per heavy atom. The molecule has 0 spiro atoms. The number of aliphatic imine (C=N–C) groups is 1. The number of halogens is 1. The highest BCUT2D eigenvalue weighted by Crippen LogP contribution is 2.20. The van der Waals surface area contributed by atoms with E-state index >= 15 is 0 Å². The largest absolute Gasteiger partial charge is 0.378 e. The minimum absolute atomic E-state index is 0. The SMILES string of the molecule is CCc1ccc(NC(N)=NCCCOC2CCCC2)cc1.I. The predicted molar refractivity (Wildman–Crippen MR) is 104 cm³/mol. The molecule has 5 heteroatoms. The molecule has 0 radical (unpaired) electrons. The summed E-state index contributed by atoms with van der Waals surface area (Å²) in [6.07, 6.45) is 7.54. The number of anilines is 1. The van der Waals surface area contributed by atoms with Gasteiger partial charge < -0.3 is 15.8 Å². The molecule has 0 aromatic heterocycles. The number of rotatable bonds is 7. The maximum Gasteiger partial charge on any atom is 0.193 e. The second kappa shape index (κ2) is 10.8. The van der Waals surface area contributed by atoms with Crippen LogP contribution >= 0.6 is 24.0 Å². The van der Waals surface area contributed by atoms with E-state index in [9.17, 15) is 0 Å². The summed E-state index contributed by atoms with van der Waals surface area (Å²) in [6, 6.07) is 8.27. The third-order valence-corrected chi connectivity index (χ3v) is 3.87. The third kappa shape index (κ3) is 6.96. The Balaban J connectivity index is 0.00000242. The third-order valence-electron chi connectivity index (χ3n) is 3.87. The molecule has 1 fully saturated rings. The van der Waals surface area contributed by atoms with Crippen molar-refractivity contribution in [3.63, 3.8) is 0 Å². The van der Waals surface area contributed by atoms with Crippen LogP contribution in [0.25, 0.3) is 0 Å². The van der Waals surface area contributed by atoms with Gasteiger partial charge in [-0.2, -0.15) is 0 Å². The van der Waals surface area contributed by atoms with Crippen LogP contribution in [0.15, 0.2) is 29.3 Å². The molecular formula is C17H28IN3O. The molecule has 4 nitrogen and oxygen atoms in total. The highest BCUT2D eigenvalue weighted by Gasteiger charge is 2.14. The molecule has 0 atom stereocenters. The normalized spacial score (nSPS) is 15.6. The number of benzene rings is 1. The van der Waals surface area contributed by atoms with Crippen LogP contribution in [-0.2, 0) is 11.2 Å². The summed E-state index contributed by atoms with van der Waals surface area (Å²) in [5, 5.41) is 3.11. The van der Waals surface area contributed by atoms with Gasteiger partial charge in [0.1, 0.15) is 0 Å². The molecule has 0 heterocycles. The fourth-order valence-corrected chi connectivity index (χ4v) is 2.58. The molecule has 22 heavy (non-hydrogen) atoms. The number of aryl methyl sites for hydroxylation is 1. The van der Waals surface area contributed by atoms with Gasteiger partial charge in [-0.3, -0.25) is 4.99 Å². The Labute approximate surface area is 150 Å². The van der Waals surface area contributed by atoms with Gasteiger partial charge in [-0.05, 0) is 43.4 Å². The van der Waals surface area contributed by atoms with Gasteiger partial charge in [-0.15, -0.1) is 24.0 Å². The molecule has 1 aromatic carbocycles. The molecule has 0 bridgehead atoms. The molecule has 2 rings (SSSR count). The van der Waals surface area contributed by atoms with Gasteiger partial charge in [0.05, 0.1) is 6.10 Å². The summed E-state index contributed by atoms with van der Waals surface area (Å²) in [5.74, 6) is 0.472. The van der Waals surface area contributed by atoms with Crippen molar-refractivity contribution in [2.75, 3.05) is 18.5 Å². The van der Waals surface area contributed by atoms with Crippen LogP contribution in [0.4, 0.5) is 5.69 Å². The maximum atomic E-state index is 5.88. The Bertz CT molecular complexity index is 442. The van der Waals surface area contributed by atoms with E-state index in [4.69, 9.17) is 10.5 Å². The molecule has 0 amide bonds. The van der Waals surface area contributed by atoms with E-state index in [0.29, 0.717) is 18.6 Å². The van der Waals surface area contributed by atoms with Crippen LogP contribution in [0.2, 0.25) is 0 Å². The quantitative estimate of drug-likeness (QED) is 0.306. The first-order valence-electron chi connectivity index (χ1n) is 8.05. The van der Waals surface area contributed by atoms with Crippen molar-refractivity contribution >= 4 is 35.6 Å². The van der Waals surface area contributed by atoms with Crippen molar-refractivity contribution < 1.29 is 4.74 Å². The van der Waals surface area contributed by atoms with Gasteiger partial charge in [-0.1, -0.05) is 31.9 Å². The van der Waals surface area contributed by atoms with E-state index in [1.165, 1.54) is 31.2 Å². The zero-order valence-electron chi connectivity index (χ0n) is 13.4. The van der Waals surface area contributed by atoms with Gasteiger partial charge in [0.25, 0.3) is 0 Å². The second-order valence-electron chi connectivity index (χ2n) is 5.57. The minimum atomic E-state index is 0. The number of hydrogen-bond acceptors (Lipinski definition) is 2. The van der Waals surface area contributed by atoms with Crippen LogP contribution in [0.3, 0.4) is 0 Å². The molecule has 0 unspecified atom stereocenters. The van der Waals surface area contributed by atoms with Crippen molar-refractivity contribution in [1.29, 1.82) is 0 Å². The Morgan fingerprint density at radius 1 is 1.27 bits per heavy atom. The minimum Gasteiger partial charge on any atom is -0.378 e. The van der Waals surface area contributed by atoms with Gasteiger partial charge >= 0.3 is 0 Å². The predicted octanol–water partition coefficient (Wildman–Crippen LogP) is 3.94. The number of nitrogens with two attached hydrogens (primary N) is 1. The smallest absolute Gasteiger partial charge is 0.193 e. The number of guanidine groups is 1. The van der Waals surface area contributed by atoms with Crippen LogP contribution in [0, 0.1) is 0 Å². The average Bonchev–Trinajstić information content (AvgIpc) is 3.01. The molecule has 3 N–H and O–H groups in total. The molecular weight excluding hydrogens is 389 g/mol. The van der Waals surface area contributed by atoms with E-state index in [1.807, 2.05) is 12.1 Å². The Hall–Kier alpha value is -0.820. The zero-order chi connectivity index (χ0) is 14.9. The van der Waals surface area contributed by atoms with E-state index < -0.39 is 0 Å². The molecule has 0 saturated heterocycles. The summed E-state index contributed by atoms with van der Waals surface area (Å²) >= 11 is 0. The Morgan fingerprint density at radius 2 is 1.95 bits per heavy atom. The van der Waals surface area contributed by atoms with Crippen LogP contribution in [0.5, 0.6) is 0 Å². The Kier molecular flexibility index (Phi) is 9.47. The highest BCUT2D eigenvalue weighted by atomic mass is 127. The van der Waals surface area contributed by atoms with Crippen LogP contribution in [0.1, 0.15) is 44.6 Å². The first kappa shape index (κ1) is 19.2. The number of ether oxygens (including phenoxy) is 1. The van der Waals surface area contributed by atoms with E-state index in [1.54, 1.807) is 0 Å². The lowest BCUT2D eigenvalue weighted by Crippen LogP contribution is -2.23. The van der Waals surface area contributed by atoms with Gasteiger partial charge in [0.2, 0.25) is 0 Å². The summed E-state index contributed by atoms with van der Waals surface area (Å²) in [6.45, 7) is 3.64. The fourth-order valence-electron chi connectivity index (χ4n) is 2.58. The lowest BCUT2D eigenvalue weighted by molar-refractivity contribution is 0.0579. The summed E-state index contributed by atoms with van der Waals surface area (Å²) < 4.78 is 5.80. The molecule has 1 aliphatic rings. The summed E-state index contributed by atoms with van der Waals surface area (Å²) in [5.41, 5.74) is 8.18. The molecule has 1 saturated carbocycles. The fraction of sp³-hybridized carbons (Fsp3) is 0.588. The average molecular weight is 417 g/mol. The van der Waals surface area contributed by atoms with Crippen molar-refractivity contribution in [1.82, 2.24) is 0 Å². The van der Waals surface area contributed by atoms with E-state index in [0.717, 1.165) is 25.1 Å². The van der Waals surface area contributed by atoms with Crippen molar-refractivity contribution in [2.24, 2.45) is 10.7 Å². The maximum absolute atomic E-state index is 5.88. The standard InChI is InChI=1S/C17H27N3O.HI/c1-2-14-8-10-15(11-9-14)20-17(18)19-12-5-13-21-16-6-3-4-7-16;/h8-11,16H,2-7,12-13H2,1H3,(H3,18,19,20);1H. The number of hydrogen-bond donors (Lipinski definition) is 2.